The van der Waals surface area contributed by atoms with Crippen molar-refractivity contribution < 1.29 is 5.11 Å². The third-order valence-corrected chi connectivity index (χ3v) is 5.39. The molecule has 0 unspecified atom stereocenters. The first-order valence-corrected chi connectivity index (χ1v) is 8.71. The second kappa shape index (κ2) is 6.18. The molecule has 0 amide bonds. The number of aliphatic hydroxyl groups is 1. The number of aromatic nitrogens is 4. The van der Waals surface area contributed by atoms with E-state index in [0.717, 1.165) is 51.9 Å². The quantitative estimate of drug-likeness (QED) is 0.810. The average Bonchev–Trinajstić information content (AvgIpc) is 2.98. The topological polar surface area (TPSA) is 90.3 Å². The fraction of sp³-hybridized carbons (Fsp3) is 0.688. The second-order valence-corrected chi connectivity index (χ2v) is 6.88. The number of aromatic amines is 1. The van der Waals surface area contributed by atoms with Crippen LogP contribution in [0.2, 0.25) is 0 Å². The number of fused-ring (bicyclic) bond motifs is 1. The number of rotatable bonds is 2. The molecular weight excluding hydrogens is 308 g/mol. The van der Waals surface area contributed by atoms with Crippen LogP contribution >= 0.6 is 0 Å². The van der Waals surface area contributed by atoms with Gasteiger partial charge in [0.2, 0.25) is 5.95 Å². The van der Waals surface area contributed by atoms with E-state index in [1.807, 2.05) is 0 Å². The Morgan fingerprint density at radius 2 is 1.88 bits per heavy atom. The zero-order valence-corrected chi connectivity index (χ0v) is 14.0. The third kappa shape index (κ3) is 2.80. The highest BCUT2D eigenvalue weighted by Crippen LogP contribution is 2.24. The van der Waals surface area contributed by atoms with Crippen LogP contribution in [0.3, 0.4) is 0 Å². The van der Waals surface area contributed by atoms with E-state index < -0.39 is 0 Å². The van der Waals surface area contributed by atoms with Gasteiger partial charge in [-0.2, -0.15) is 10.1 Å². The van der Waals surface area contributed by atoms with E-state index in [4.69, 9.17) is 0 Å². The van der Waals surface area contributed by atoms with Crippen molar-refractivity contribution >= 4 is 17.0 Å². The van der Waals surface area contributed by atoms with Gasteiger partial charge in [-0.1, -0.05) is 0 Å². The Kier molecular flexibility index (Phi) is 4.01. The largest absolute Gasteiger partial charge is 0.393 e. The van der Waals surface area contributed by atoms with Gasteiger partial charge in [0.15, 0.2) is 5.65 Å². The molecule has 0 bridgehead atoms. The summed E-state index contributed by atoms with van der Waals surface area (Å²) >= 11 is 0. The number of H-pyrrole nitrogens is 1. The summed E-state index contributed by atoms with van der Waals surface area (Å²) in [7, 11) is 1.80. The average molecular weight is 332 g/mol. The van der Waals surface area contributed by atoms with Crippen LogP contribution in [-0.4, -0.2) is 68.1 Å². The number of piperazine rings is 1. The van der Waals surface area contributed by atoms with Crippen LogP contribution in [0.15, 0.2) is 11.0 Å². The molecule has 2 N–H and O–H groups in total. The Hall–Kier alpha value is -1.93. The number of aliphatic hydroxyl groups excluding tert-OH is 1. The lowest BCUT2D eigenvalue weighted by molar-refractivity contribution is 0.0710. The molecule has 2 aromatic rings. The molecule has 1 saturated carbocycles. The minimum Gasteiger partial charge on any atom is -0.393 e. The van der Waals surface area contributed by atoms with E-state index in [2.05, 4.69) is 24.9 Å². The maximum absolute atomic E-state index is 12.2. The molecule has 0 atom stereocenters. The van der Waals surface area contributed by atoms with E-state index in [9.17, 15) is 9.90 Å². The van der Waals surface area contributed by atoms with Crippen molar-refractivity contribution in [1.82, 2.24) is 24.6 Å². The summed E-state index contributed by atoms with van der Waals surface area (Å²) in [6.45, 7) is 3.64. The van der Waals surface area contributed by atoms with Crippen LogP contribution in [0.25, 0.3) is 11.0 Å². The lowest BCUT2D eigenvalue weighted by Gasteiger charge is -2.41. The first-order valence-electron chi connectivity index (χ1n) is 8.71. The Bertz CT molecular complexity index is 768. The highest BCUT2D eigenvalue weighted by atomic mass is 16.3. The summed E-state index contributed by atoms with van der Waals surface area (Å²) in [6, 6.07) is 0.585. The maximum Gasteiger partial charge on any atom is 0.263 e. The molecule has 2 aliphatic rings. The normalized spacial score (nSPS) is 26.2. The van der Waals surface area contributed by atoms with Crippen LogP contribution in [0.4, 0.5) is 5.95 Å². The van der Waals surface area contributed by atoms with Gasteiger partial charge < -0.3 is 10.0 Å². The second-order valence-electron chi connectivity index (χ2n) is 6.88. The predicted molar refractivity (Wildman–Crippen MR) is 91.2 cm³/mol. The number of anilines is 1. The number of aryl methyl sites for hydroxylation is 1. The van der Waals surface area contributed by atoms with Gasteiger partial charge in [-0.05, 0) is 25.7 Å². The van der Waals surface area contributed by atoms with Gasteiger partial charge in [0, 0.05) is 39.3 Å². The first kappa shape index (κ1) is 15.6. The zero-order valence-electron chi connectivity index (χ0n) is 14.0. The number of nitrogens with zero attached hydrogens (tertiary/aromatic N) is 5. The third-order valence-electron chi connectivity index (χ3n) is 5.39. The van der Waals surface area contributed by atoms with Crippen molar-refractivity contribution in [1.29, 1.82) is 0 Å². The van der Waals surface area contributed by atoms with Gasteiger partial charge in [-0.25, -0.2) is 0 Å². The Morgan fingerprint density at radius 3 is 2.58 bits per heavy atom. The first-order chi connectivity index (χ1) is 11.6. The maximum atomic E-state index is 12.2. The van der Waals surface area contributed by atoms with Gasteiger partial charge in [-0.15, -0.1) is 0 Å². The summed E-state index contributed by atoms with van der Waals surface area (Å²) in [5, 5.41) is 14.3. The van der Waals surface area contributed by atoms with Crippen LogP contribution in [0.5, 0.6) is 0 Å². The summed E-state index contributed by atoms with van der Waals surface area (Å²) < 4.78 is 1.64. The van der Waals surface area contributed by atoms with Crippen molar-refractivity contribution in [2.24, 2.45) is 7.05 Å². The molecular formula is C16H24N6O2. The standard InChI is InChI=1S/C16H24N6O2/c1-20-14-13(10-17-20)15(24)19-16(18-14)22-8-6-21(7-9-22)11-2-4-12(23)5-3-11/h10-12,23H,2-9H2,1H3,(H,18,19,24). The zero-order chi connectivity index (χ0) is 16.7. The molecule has 1 aliphatic heterocycles. The van der Waals surface area contributed by atoms with E-state index in [-0.39, 0.29) is 11.7 Å². The molecule has 130 valence electrons. The highest BCUT2D eigenvalue weighted by Gasteiger charge is 2.28. The molecule has 0 aromatic carbocycles. The van der Waals surface area contributed by atoms with E-state index in [0.29, 0.717) is 23.0 Å². The molecule has 1 saturated heterocycles. The molecule has 24 heavy (non-hydrogen) atoms. The van der Waals surface area contributed by atoms with Crippen molar-refractivity contribution in [2.45, 2.75) is 37.8 Å². The van der Waals surface area contributed by atoms with Crippen molar-refractivity contribution in [3.8, 4) is 0 Å². The molecule has 4 rings (SSSR count). The van der Waals surface area contributed by atoms with Crippen LogP contribution in [0.1, 0.15) is 25.7 Å². The summed E-state index contributed by atoms with van der Waals surface area (Å²) in [6.07, 6.45) is 5.44. The fourth-order valence-electron chi connectivity index (χ4n) is 3.89. The van der Waals surface area contributed by atoms with E-state index >= 15 is 0 Å². The molecule has 0 radical (unpaired) electrons. The Morgan fingerprint density at radius 1 is 1.17 bits per heavy atom. The lowest BCUT2D eigenvalue weighted by atomic mass is 9.91. The van der Waals surface area contributed by atoms with Crippen LogP contribution in [-0.2, 0) is 7.05 Å². The molecule has 8 nitrogen and oxygen atoms in total. The minimum absolute atomic E-state index is 0.109. The van der Waals surface area contributed by atoms with Gasteiger partial charge >= 0.3 is 0 Å². The fourth-order valence-corrected chi connectivity index (χ4v) is 3.89. The molecule has 3 heterocycles. The Balaban J connectivity index is 1.46. The smallest absolute Gasteiger partial charge is 0.263 e. The van der Waals surface area contributed by atoms with Gasteiger partial charge in [0.1, 0.15) is 5.39 Å². The highest BCUT2D eigenvalue weighted by molar-refractivity contribution is 5.74. The molecule has 1 aliphatic carbocycles. The Labute approximate surface area is 140 Å². The van der Waals surface area contributed by atoms with Gasteiger partial charge in [0.05, 0.1) is 12.3 Å². The summed E-state index contributed by atoms with van der Waals surface area (Å²) in [4.78, 5) is 24.3. The van der Waals surface area contributed by atoms with Crippen molar-refractivity contribution in [3.05, 3.63) is 16.6 Å². The van der Waals surface area contributed by atoms with Crippen molar-refractivity contribution in [2.75, 3.05) is 31.1 Å². The number of hydrogen-bond acceptors (Lipinski definition) is 6. The summed E-state index contributed by atoms with van der Waals surface area (Å²) in [5.41, 5.74) is 0.490. The van der Waals surface area contributed by atoms with Gasteiger partial charge in [-0.3, -0.25) is 19.4 Å². The number of nitrogens with one attached hydrogen (secondary N) is 1. The number of hydrogen-bond donors (Lipinski definition) is 2. The minimum atomic E-state index is -0.133. The lowest BCUT2D eigenvalue weighted by Crippen LogP contribution is -2.52. The predicted octanol–water partition coefficient (Wildman–Crippen LogP) is 0.0821. The van der Waals surface area contributed by atoms with Crippen LogP contribution < -0.4 is 10.5 Å². The summed E-state index contributed by atoms with van der Waals surface area (Å²) in [5.74, 6) is 0.634. The molecule has 0 spiro atoms. The van der Waals surface area contributed by atoms with E-state index in [1.54, 1.807) is 17.9 Å². The molecule has 2 aromatic heterocycles. The molecule has 2 fully saturated rings. The van der Waals surface area contributed by atoms with Crippen LogP contribution in [0, 0.1) is 0 Å². The monoisotopic (exact) mass is 332 g/mol. The van der Waals surface area contributed by atoms with Crippen molar-refractivity contribution in [3.63, 3.8) is 0 Å². The van der Waals surface area contributed by atoms with E-state index in [1.165, 1.54) is 0 Å². The molecule has 8 heteroatoms. The SMILES string of the molecule is Cn1ncc2c(=O)[nH]c(N3CCN(C4CCC(O)CC4)CC3)nc21. The van der Waals surface area contributed by atoms with Gasteiger partial charge in [0.25, 0.3) is 5.56 Å².